The number of carbonyl (C=O) groups excluding carboxylic acids is 1. The second-order valence-corrected chi connectivity index (χ2v) is 2.11. The topological polar surface area (TPSA) is 66.2 Å². The van der Waals surface area contributed by atoms with E-state index < -0.39 is 5.97 Å². The smallest absolute Gasteiger partial charge is 0.330 e. The Labute approximate surface area is 84.7 Å². The van der Waals surface area contributed by atoms with Crippen LogP contribution in [-0.4, -0.2) is 23.2 Å². The van der Waals surface area contributed by atoms with Crippen LogP contribution in [0.1, 0.15) is 10.6 Å². The largest absolute Gasteiger partial charge is 0.466 e. The van der Waals surface area contributed by atoms with Gasteiger partial charge in [0.05, 0.1) is 11.8 Å². The van der Waals surface area contributed by atoms with Crippen LogP contribution in [0.15, 0.2) is 4.73 Å². The zero-order chi connectivity index (χ0) is 7.56. The molecule has 0 N–H and O–H groups in total. The second-order valence-electron chi connectivity index (χ2n) is 1.40. The molecule has 7 heteroatoms. The number of hydrogen-bond donors (Lipinski definition) is 0. The van der Waals surface area contributed by atoms with Crippen LogP contribution in [0.2, 0.25) is 0 Å². The first-order chi connectivity index (χ1) is 4.74. The molecule has 1 radical (unpaired) electrons. The fourth-order valence-corrected chi connectivity index (χ4v) is 0.646. The van der Waals surface area contributed by atoms with Crippen molar-refractivity contribution in [3.05, 3.63) is 10.6 Å². The molecule has 0 spiro atoms. The van der Waals surface area contributed by atoms with Crippen molar-refractivity contribution < 1.29 is 30.0 Å². The van der Waals surface area contributed by atoms with Gasteiger partial charge in [-0.3, -0.25) is 5.10 Å². The number of methoxy groups -OCH3 is 1. The van der Waals surface area contributed by atoms with Gasteiger partial charge >= 0.3 is 5.97 Å². The van der Waals surface area contributed by atoms with Crippen LogP contribution < -0.4 is 5.10 Å². The molecule has 0 amide bonds. The Hall–Kier alpha value is -0.248. The predicted molar refractivity (Wildman–Crippen MR) is 34.4 cm³/mol. The summed E-state index contributed by atoms with van der Waals surface area (Å²) in [5.74, 6) is -0.618. The number of rotatable bonds is 1. The fourth-order valence-electron chi connectivity index (χ4n) is 0.398. The van der Waals surface area contributed by atoms with Gasteiger partial charge < -0.3 is 14.8 Å². The monoisotopic (exact) mass is 391 g/mol. The second kappa shape index (κ2) is 4.59. The van der Waals surface area contributed by atoms with Gasteiger partial charge in [0.25, 0.3) is 0 Å². The van der Waals surface area contributed by atoms with Crippen molar-refractivity contribution in [2.75, 3.05) is 7.11 Å². The maximum atomic E-state index is 10.6. The molecule has 0 saturated carbocycles. The molecule has 0 bridgehead atoms. The van der Waals surface area contributed by atoms with E-state index in [1.165, 1.54) is 7.11 Å². The minimum atomic E-state index is -0.585. The third-order valence-electron chi connectivity index (χ3n) is 0.793. The van der Waals surface area contributed by atoms with Crippen LogP contribution in [0.5, 0.6) is 0 Å². The van der Waals surface area contributed by atoms with Gasteiger partial charge in [0.15, 0.2) is 0 Å². The number of esters is 1. The van der Waals surface area contributed by atoms with Crippen molar-refractivity contribution in [3.63, 3.8) is 0 Å². The molecule has 1 aromatic rings. The number of nitrogens with zero attached hydrogens (tertiary/aromatic N) is 3. The number of ether oxygens (including phenoxy) is 1. The van der Waals surface area contributed by atoms with Crippen molar-refractivity contribution in [1.29, 1.82) is 0 Å². The molecular formula is C4H3BrN3O2Re-. The van der Waals surface area contributed by atoms with Crippen LogP contribution >= 0.6 is 15.9 Å². The Bertz CT molecular complexity index is 251. The number of aromatic nitrogens is 3. The molecule has 0 aromatic carbocycles. The Morgan fingerprint density at radius 2 is 2.36 bits per heavy atom. The minimum Gasteiger partial charge on any atom is -0.466 e. The standard InChI is InChI=1S/C4H4BrN3O2.Re/c1-10-3(9)2-6-4(5)8-7-2;/h1H3,(H,6,7,8,9);/p-1. The maximum Gasteiger partial charge on any atom is 0.330 e. The van der Waals surface area contributed by atoms with E-state index in [0.717, 1.165) is 0 Å². The SMILES string of the molecule is COC(=O)c1nc(Br)n[n-]1.[Re]. The number of halogens is 1. The van der Waals surface area contributed by atoms with Gasteiger partial charge in [0.1, 0.15) is 0 Å². The summed E-state index contributed by atoms with van der Waals surface area (Å²) in [6.07, 6.45) is 0. The van der Waals surface area contributed by atoms with Gasteiger partial charge in [-0.05, 0) is 15.9 Å². The van der Waals surface area contributed by atoms with E-state index >= 15 is 0 Å². The van der Waals surface area contributed by atoms with Crippen molar-refractivity contribution in [3.8, 4) is 0 Å². The van der Waals surface area contributed by atoms with Gasteiger partial charge in [0, 0.05) is 26.2 Å². The minimum absolute atomic E-state index is 0. The summed E-state index contributed by atoms with van der Waals surface area (Å²) in [6.45, 7) is 0. The van der Waals surface area contributed by atoms with Gasteiger partial charge in [-0.25, -0.2) is 4.79 Å². The van der Waals surface area contributed by atoms with Crippen LogP contribution in [0.3, 0.4) is 0 Å². The Morgan fingerprint density at radius 1 is 1.73 bits per heavy atom. The molecule has 1 heterocycles. The van der Waals surface area contributed by atoms with E-state index in [1.807, 2.05) is 0 Å². The number of hydrogen-bond acceptors (Lipinski definition) is 4. The fraction of sp³-hybridized carbons (Fsp3) is 0.250. The first-order valence-electron chi connectivity index (χ1n) is 2.35. The van der Waals surface area contributed by atoms with Gasteiger partial charge in [-0.15, -0.1) is 0 Å². The molecule has 0 fully saturated rings. The molecule has 0 aliphatic rings. The van der Waals surface area contributed by atoms with E-state index in [-0.39, 0.29) is 31.0 Å². The van der Waals surface area contributed by atoms with Crippen molar-refractivity contribution in [2.24, 2.45) is 0 Å². The molecule has 0 aliphatic carbocycles. The predicted octanol–water partition coefficient (Wildman–Crippen LogP) is -0.0196. The normalized spacial score (nSPS) is 8.55. The maximum absolute atomic E-state index is 10.6. The van der Waals surface area contributed by atoms with E-state index in [2.05, 4.69) is 35.8 Å². The first-order valence-corrected chi connectivity index (χ1v) is 3.14. The van der Waals surface area contributed by atoms with Crippen LogP contribution in [0.4, 0.5) is 0 Å². The quantitative estimate of drug-likeness (QED) is 0.630. The average Bonchev–Trinajstić information content (AvgIpc) is 2.34. The van der Waals surface area contributed by atoms with Crippen molar-refractivity contribution >= 4 is 21.9 Å². The molecule has 0 atom stereocenters. The number of carbonyl (C=O) groups is 1. The Morgan fingerprint density at radius 3 is 2.73 bits per heavy atom. The molecule has 61 valence electrons. The average molecular weight is 391 g/mol. The first kappa shape index (κ1) is 10.8. The van der Waals surface area contributed by atoms with Gasteiger partial charge in [-0.1, -0.05) is 0 Å². The molecule has 11 heavy (non-hydrogen) atoms. The van der Waals surface area contributed by atoms with E-state index in [1.54, 1.807) is 0 Å². The summed E-state index contributed by atoms with van der Waals surface area (Å²) in [5.41, 5.74) is 0. The van der Waals surface area contributed by atoms with E-state index in [0.29, 0.717) is 0 Å². The molecule has 0 unspecified atom stereocenters. The van der Waals surface area contributed by atoms with Crippen LogP contribution in [0, 0.1) is 0 Å². The summed E-state index contributed by atoms with van der Waals surface area (Å²) >= 11 is 2.94. The molecule has 0 saturated heterocycles. The summed E-state index contributed by atoms with van der Waals surface area (Å²) in [6, 6.07) is 0. The Kier molecular flexibility index (Phi) is 4.49. The summed E-state index contributed by atoms with van der Waals surface area (Å²) in [4.78, 5) is 14.2. The summed E-state index contributed by atoms with van der Waals surface area (Å²) in [7, 11) is 1.26. The van der Waals surface area contributed by atoms with Crippen LogP contribution in [0.25, 0.3) is 0 Å². The summed E-state index contributed by atoms with van der Waals surface area (Å²) < 4.78 is 4.61. The van der Waals surface area contributed by atoms with Gasteiger partial charge in [-0.2, -0.15) is 0 Å². The molecule has 1 rings (SSSR count). The third-order valence-corrected chi connectivity index (χ3v) is 1.13. The summed E-state index contributed by atoms with van der Waals surface area (Å²) in [5, 5.41) is 6.84. The third kappa shape index (κ3) is 2.69. The molecule has 5 nitrogen and oxygen atoms in total. The molecule has 1 aromatic heterocycles. The molecule has 0 aliphatic heterocycles. The Balaban J connectivity index is 0.000001000. The van der Waals surface area contributed by atoms with Crippen molar-refractivity contribution in [1.82, 2.24) is 15.2 Å². The molecular weight excluding hydrogens is 388 g/mol. The van der Waals surface area contributed by atoms with Crippen molar-refractivity contribution in [2.45, 2.75) is 0 Å². The van der Waals surface area contributed by atoms with E-state index in [4.69, 9.17) is 0 Å². The zero-order valence-electron chi connectivity index (χ0n) is 5.41. The van der Waals surface area contributed by atoms with Crippen LogP contribution in [-0.2, 0) is 25.2 Å². The zero-order valence-corrected chi connectivity index (χ0v) is 9.72. The van der Waals surface area contributed by atoms with Gasteiger partial charge in [0.2, 0.25) is 0 Å². The van der Waals surface area contributed by atoms with E-state index in [9.17, 15) is 4.79 Å².